The first-order valence-corrected chi connectivity index (χ1v) is 6.12. The number of nitrogens with one attached hydrogen (secondary N) is 1. The van der Waals surface area contributed by atoms with Crippen molar-refractivity contribution in [3.8, 4) is 17.6 Å². The molecule has 92 valence electrons. The van der Waals surface area contributed by atoms with Gasteiger partial charge < -0.3 is 10.1 Å². The number of rotatable bonds is 3. The third-order valence-corrected chi connectivity index (χ3v) is 2.79. The van der Waals surface area contributed by atoms with E-state index in [2.05, 4.69) is 36.2 Å². The summed E-state index contributed by atoms with van der Waals surface area (Å²) in [6.07, 6.45) is 0. The highest BCUT2D eigenvalue weighted by Gasteiger charge is 2.03. The first-order valence-electron chi connectivity index (χ1n) is 6.12. The summed E-state index contributed by atoms with van der Waals surface area (Å²) >= 11 is 0. The van der Waals surface area contributed by atoms with Crippen molar-refractivity contribution in [3.63, 3.8) is 0 Å². The summed E-state index contributed by atoms with van der Waals surface area (Å²) in [4.78, 5) is 0. The summed E-state index contributed by atoms with van der Waals surface area (Å²) in [7, 11) is 1.69. The van der Waals surface area contributed by atoms with Gasteiger partial charge in [0.15, 0.2) is 0 Å². The molecule has 0 aromatic heterocycles. The van der Waals surface area contributed by atoms with Crippen LogP contribution in [-0.2, 0) is 0 Å². The first-order chi connectivity index (χ1) is 8.86. The van der Waals surface area contributed by atoms with Crippen molar-refractivity contribution in [1.82, 2.24) is 5.32 Å². The Labute approximate surface area is 108 Å². The smallest absolute Gasteiger partial charge is 0.126 e. The van der Waals surface area contributed by atoms with Gasteiger partial charge in [-0.3, -0.25) is 0 Å². The van der Waals surface area contributed by atoms with Gasteiger partial charge in [-0.1, -0.05) is 43.0 Å². The summed E-state index contributed by atoms with van der Waals surface area (Å²) in [6.45, 7) is 3.74. The van der Waals surface area contributed by atoms with Crippen LogP contribution in [0.25, 0.3) is 10.8 Å². The molecule has 2 nitrogen and oxygen atoms in total. The van der Waals surface area contributed by atoms with Crippen LogP contribution in [0.3, 0.4) is 0 Å². The van der Waals surface area contributed by atoms with Crippen LogP contribution in [0.1, 0.15) is 12.5 Å². The van der Waals surface area contributed by atoms with E-state index < -0.39 is 0 Å². The van der Waals surface area contributed by atoms with Crippen molar-refractivity contribution in [2.45, 2.75) is 6.92 Å². The highest BCUT2D eigenvalue weighted by atomic mass is 16.5. The molecule has 2 aromatic rings. The molecule has 0 fully saturated rings. The molecule has 2 aromatic carbocycles. The predicted molar refractivity (Wildman–Crippen MR) is 75.9 cm³/mol. The number of ether oxygens (including phenoxy) is 1. The summed E-state index contributed by atoms with van der Waals surface area (Å²) in [6, 6.07) is 12.2. The fourth-order valence-corrected chi connectivity index (χ4v) is 1.89. The summed E-state index contributed by atoms with van der Waals surface area (Å²) < 4.78 is 5.36. The molecule has 0 saturated carbocycles. The predicted octanol–water partition coefficient (Wildman–Crippen LogP) is 2.81. The van der Waals surface area contributed by atoms with Crippen LogP contribution >= 0.6 is 0 Å². The van der Waals surface area contributed by atoms with E-state index in [1.165, 1.54) is 0 Å². The standard InChI is InChI=1S/C16H17NO/c1-3-17-12-6-7-13-10-11-16(18-2)15-9-5-4-8-14(13)15/h4-5,8-11,17H,3,12H2,1-2H3. The van der Waals surface area contributed by atoms with Crippen LogP contribution in [-0.4, -0.2) is 20.2 Å². The van der Waals surface area contributed by atoms with Gasteiger partial charge in [0, 0.05) is 16.3 Å². The second-order valence-electron chi connectivity index (χ2n) is 3.94. The minimum Gasteiger partial charge on any atom is -0.496 e. The molecule has 0 aliphatic heterocycles. The lowest BCUT2D eigenvalue weighted by atomic mass is 10.0. The molecular formula is C16H17NO. The normalized spacial score (nSPS) is 9.89. The van der Waals surface area contributed by atoms with Crippen molar-refractivity contribution >= 4 is 10.8 Å². The van der Waals surface area contributed by atoms with Crippen molar-refractivity contribution in [2.75, 3.05) is 20.2 Å². The Morgan fingerprint density at radius 1 is 1.11 bits per heavy atom. The van der Waals surface area contributed by atoms with E-state index in [0.29, 0.717) is 0 Å². The topological polar surface area (TPSA) is 21.3 Å². The monoisotopic (exact) mass is 239 g/mol. The number of hydrogen-bond donors (Lipinski definition) is 1. The lowest BCUT2D eigenvalue weighted by Crippen LogP contribution is -2.11. The Hall–Kier alpha value is -1.98. The highest BCUT2D eigenvalue weighted by molar-refractivity contribution is 5.93. The fraction of sp³-hybridized carbons (Fsp3) is 0.250. The molecule has 18 heavy (non-hydrogen) atoms. The van der Waals surface area contributed by atoms with Gasteiger partial charge in [-0.15, -0.1) is 0 Å². The number of methoxy groups -OCH3 is 1. The van der Waals surface area contributed by atoms with Crippen molar-refractivity contribution in [2.24, 2.45) is 0 Å². The van der Waals surface area contributed by atoms with Gasteiger partial charge >= 0.3 is 0 Å². The van der Waals surface area contributed by atoms with Gasteiger partial charge in [-0.2, -0.15) is 0 Å². The molecule has 0 bridgehead atoms. The molecule has 0 saturated heterocycles. The van der Waals surface area contributed by atoms with Crippen molar-refractivity contribution in [1.29, 1.82) is 0 Å². The van der Waals surface area contributed by atoms with Crippen LogP contribution in [0.4, 0.5) is 0 Å². The molecule has 2 rings (SSSR count). The van der Waals surface area contributed by atoms with E-state index in [0.717, 1.165) is 35.2 Å². The van der Waals surface area contributed by atoms with Crippen molar-refractivity contribution < 1.29 is 4.74 Å². The Morgan fingerprint density at radius 2 is 1.89 bits per heavy atom. The molecule has 1 N–H and O–H groups in total. The largest absolute Gasteiger partial charge is 0.496 e. The molecule has 0 spiro atoms. The van der Waals surface area contributed by atoms with Crippen molar-refractivity contribution in [3.05, 3.63) is 42.0 Å². The third-order valence-electron chi connectivity index (χ3n) is 2.79. The van der Waals surface area contributed by atoms with E-state index in [9.17, 15) is 0 Å². The van der Waals surface area contributed by atoms with Crippen LogP contribution in [0.5, 0.6) is 5.75 Å². The minimum atomic E-state index is 0.719. The molecule has 0 heterocycles. The van der Waals surface area contributed by atoms with E-state index in [4.69, 9.17) is 4.74 Å². The SMILES string of the molecule is CCNCC#Cc1ccc(OC)c2ccccc12. The molecule has 0 aliphatic rings. The minimum absolute atomic E-state index is 0.719. The average molecular weight is 239 g/mol. The quantitative estimate of drug-likeness (QED) is 0.657. The number of hydrogen-bond acceptors (Lipinski definition) is 2. The van der Waals surface area contributed by atoms with E-state index in [1.54, 1.807) is 7.11 Å². The average Bonchev–Trinajstić information content (AvgIpc) is 2.43. The summed E-state index contributed by atoms with van der Waals surface area (Å²) in [5.41, 5.74) is 1.05. The Morgan fingerprint density at radius 3 is 2.61 bits per heavy atom. The molecule has 0 radical (unpaired) electrons. The van der Waals surface area contributed by atoms with Gasteiger partial charge in [0.05, 0.1) is 13.7 Å². The molecule has 0 unspecified atom stereocenters. The molecule has 0 atom stereocenters. The van der Waals surface area contributed by atoms with Crippen LogP contribution < -0.4 is 10.1 Å². The molecule has 0 aliphatic carbocycles. The first kappa shape index (κ1) is 12.5. The van der Waals surface area contributed by atoms with E-state index >= 15 is 0 Å². The Balaban J connectivity index is 2.42. The van der Waals surface area contributed by atoms with Gasteiger partial charge in [-0.05, 0) is 18.7 Å². The maximum Gasteiger partial charge on any atom is 0.126 e. The van der Waals surface area contributed by atoms with Gasteiger partial charge in [0.2, 0.25) is 0 Å². The second-order valence-corrected chi connectivity index (χ2v) is 3.94. The zero-order valence-corrected chi connectivity index (χ0v) is 10.8. The summed E-state index contributed by atoms with van der Waals surface area (Å²) in [5, 5.41) is 5.44. The lowest BCUT2D eigenvalue weighted by molar-refractivity contribution is 0.420. The zero-order chi connectivity index (χ0) is 12.8. The molecular weight excluding hydrogens is 222 g/mol. The maximum absolute atomic E-state index is 5.36. The lowest BCUT2D eigenvalue weighted by Gasteiger charge is -2.06. The van der Waals surface area contributed by atoms with Crippen LogP contribution in [0.2, 0.25) is 0 Å². The Kier molecular flexibility index (Phi) is 4.22. The maximum atomic E-state index is 5.36. The van der Waals surface area contributed by atoms with Gasteiger partial charge in [0.25, 0.3) is 0 Å². The highest BCUT2D eigenvalue weighted by Crippen LogP contribution is 2.27. The third kappa shape index (κ3) is 2.64. The summed E-state index contributed by atoms with van der Waals surface area (Å²) in [5.74, 6) is 7.23. The van der Waals surface area contributed by atoms with E-state index in [-0.39, 0.29) is 0 Å². The molecule has 2 heteroatoms. The fourth-order valence-electron chi connectivity index (χ4n) is 1.89. The van der Waals surface area contributed by atoms with Crippen LogP contribution in [0, 0.1) is 11.8 Å². The Bertz CT molecular complexity index is 593. The van der Waals surface area contributed by atoms with Gasteiger partial charge in [-0.25, -0.2) is 0 Å². The number of fused-ring (bicyclic) bond motifs is 1. The zero-order valence-electron chi connectivity index (χ0n) is 10.8. The molecule has 0 amide bonds. The van der Waals surface area contributed by atoms with Crippen LogP contribution in [0.15, 0.2) is 36.4 Å². The van der Waals surface area contributed by atoms with E-state index in [1.807, 2.05) is 24.3 Å². The second kappa shape index (κ2) is 6.09. The van der Waals surface area contributed by atoms with Gasteiger partial charge in [0.1, 0.15) is 5.75 Å². The number of benzene rings is 2.